The summed E-state index contributed by atoms with van der Waals surface area (Å²) in [5.74, 6) is 0.980. The van der Waals surface area contributed by atoms with Crippen LogP contribution in [0.15, 0.2) is 41.3 Å². The molecule has 2 N–H and O–H groups in total. The standard InChI is InChI=1S/C22H25NO5/c1-12(2)23-16-8-6-13-10-18(25)21(27-4)22(28-5)20(13)14-7-9-19(26-3)17(24)11-15(14)16/h7,9-11,16,23,25H,1,6,8H2,2-5H3/t16-/m0/s1. The van der Waals surface area contributed by atoms with E-state index >= 15 is 0 Å². The zero-order chi connectivity index (χ0) is 20.4. The molecule has 1 aliphatic carbocycles. The first-order chi connectivity index (χ1) is 13.4. The molecule has 0 saturated heterocycles. The molecule has 3 rings (SSSR count). The summed E-state index contributed by atoms with van der Waals surface area (Å²) < 4.78 is 16.2. The fraction of sp³-hybridized carbons (Fsp3) is 0.318. The normalized spacial score (nSPS) is 14.9. The number of aryl methyl sites for hydroxylation is 1. The maximum atomic E-state index is 12.6. The quantitative estimate of drug-likeness (QED) is 0.822. The van der Waals surface area contributed by atoms with Crippen molar-refractivity contribution in [2.45, 2.75) is 25.8 Å². The molecule has 0 saturated carbocycles. The van der Waals surface area contributed by atoms with Crippen LogP contribution in [0, 0.1) is 0 Å². The molecule has 2 aromatic rings. The molecule has 148 valence electrons. The van der Waals surface area contributed by atoms with Gasteiger partial charge in [0.2, 0.25) is 11.2 Å². The second-order valence-electron chi connectivity index (χ2n) is 6.79. The van der Waals surface area contributed by atoms with Crippen LogP contribution in [0.5, 0.6) is 23.0 Å². The zero-order valence-corrected chi connectivity index (χ0v) is 16.6. The van der Waals surface area contributed by atoms with E-state index in [1.165, 1.54) is 21.3 Å². The molecule has 0 amide bonds. The van der Waals surface area contributed by atoms with Crippen LogP contribution >= 0.6 is 0 Å². The number of nitrogens with one attached hydrogen (secondary N) is 1. The summed E-state index contributed by atoms with van der Waals surface area (Å²) in [4.78, 5) is 12.6. The average Bonchev–Trinajstić information content (AvgIpc) is 2.89. The predicted octanol–water partition coefficient (Wildman–Crippen LogP) is 3.56. The molecule has 0 spiro atoms. The van der Waals surface area contributed by atoms with Crippen molar-refractivity contribution in [3.8, 4) is 34.1 Å². The van der Waals surface area contributed by atoms with Crippen LogP contribution in [-0.2, 0) is 6.42 Å². The van der Waals surface area contributed by atoms with Crippen LogP contribution in [-0.4, -0.2) is 26.4 Å². The van der Waals surface area contributed by atoms with Gasteiger partial charge in [-0.2, -0.15) is 0 Å². The molecule has 0 heterocycles. The Labute approximate surface area is 164 Å². The Kier molecular flexibility index (Phi) is 5.49. The lowest BCUT2D eigenvalue weighted by Gasteiger charge is -2.20. The molecule has 0 radical (unpaired) electrons. The molecule has 28 heavy (non-hydrogen) atoms. The first-order valence-corrected chi connectivity index (χ1v) is 9.02. The highest BCUT2D eigenvalue weighted by Crippen LogP contribution is 2.49. The van der Waals surface area contributed by atoms with Crippen molar-refractivity contribution in [3.63, 3.8) is 0 Å². The van der Waals surface area contributed by atoms with E-state index in [1.54, 1.807) is 18.2 Å². The number of benzene rings is 1. The van der Waals surface area contributed by atoms with Gasteiger partial charge in [0.05, 0.1) is 27.4 Å². The summed E-state index contributed by atoms with van der Waals surface area (Å²) in [5, 5.41) is 13.8. The molecule has 6 heteroatoms. The fourth-order valence-electron chi connectivity index (χ4n) is 3.78. The largest absolute Gasteiger partial charge is 0.504 e. The number of ether oxygens (including phenoxy) is 3. The maximum absolute atomic E-state index is 12.6. The molecule has 1 aliphatic rings. The lowest BCUT2D eigenvalue weighted by atomic mass is 9.95. The van der Waals surface area contributed by atoms with Crippen molar-refractivity contribution in [1.29, 1.82) is 0 Å². The Balaban J connectivity index is 2.41. The Morgan fingerprint density at radius 2 is 1.86 bits per heavy atom. The van der Waals surface area contributed by atoms with Gasteiger partial charge in [0.15, 0.2) is 17.2 Å². The number of methoxy groups -OCH3 is 3. The Morgan fingerprint density at radius 3 is 2.46 bits per heavy atom. The molecule has 0 unspecified atom stereocenters. The van der Waals surface area contributed by atoms with E-state index in [0.717, 1.165) is 28.0 Å². The average molecular weight is 383 g/mol. The zero-order valence-electron chi connectivity index (χ0n) is 16.6. The van der Waals surface area contributed by atoms with E-state index in [-0.39, 0.29) is 28.7 Å². The van der Waals surface area contributed by atoms with E-state index in [4.69, 9.17) is 14.2 Å². The predicted molar refractivity (Wildman–Crippen MR) is 108 cm³/mol. The van der Waals surface area contributed by atoms with Crippen molar-refractivity contribution in [3.05, 3.63) is 57.9 Å². The minimum atomic E-state index is -0.203. The van der Waals surface area contributed by atoms with Gasteiger partial charge in [0.25, 0.3) is 0 Å². The molecule has 1 atom stereocenters. The first kappa shape index (κ1) is 19.6. The van der Waals surface area contributed by atoms with Gasteiger partial charge in [0.1, 0.15) is 0 Å². The van der Waals surface area contributed by atoms with Crippen LogP contribution in [0.2, 0.25) is 0 Å². The summed E-state index contributed by atoms with van der Waals surface area (Å²) >= 11 is 0. The number of allylic oxidation sites excluding steroid dienone is 1. The number of rotatable bonds is 5. The van der Waals surface area contributed by atoms with Gasteiger partial charge in [0, 0.05) is 11.3 Å². The van der Waals surface area contributed by atoms with Crippen molar-refractivity contribution < 1.29 is 19.3 Å². The van der Waals surface area contributed by atoms with Crippen LogP contribution in [0.1, 0.15) is 30.5 Å². The highest BCUT2D eigenvalue weighted by atomic mass is 16.5. The number of hydrogen-bond acceptors (Lipinski definition) is 6. The number of phenolic OH excluding ortho intramolecular Hbond substituents is 1. The van der Waals surface area contributed by atoms with Gasteiger partial charge in [-0.15, -0.1) is 0 Å². The van der Waals surface area contributed by atoms with Gasteiger partial charge in [-0.1, -0.05) is 12.6 Å². The molecular weight excluding hydrogens is 358 g/mol. The van der Waals surface area contributed by atoms with Crippen molar-refractivity contribution in [2.24, 2.45) is 0 Å². The van der Waals surface area contributed by atoms with Gasteiger partial charge >= 0.3 is 0 Å². The third kappa shape index (κ3) is 3.38. The number of hydrogen-bond donors (Lipinski definition) is 2. The SMILES string of the molecule is C=C(C)N[C@H]1CCc2cc(O)c(OC)c(OC)c2-c2ccc(OC)c(=O)cc21. The monoisotopic (exact) mass is 383 g/mol. The molecule has 0 aliphatic heterocycles. The molecule has 0 bridgehead atoms. The summed E-state index contributed by atoms with van der Waals surface area (Å²) in [6.45, 7) is 5.83. The maximum Gasteiger partial charge on any atom is 0.220 e. The van der Waals surface area contributed by atoms with E-state index in [2.05, 4.69) is 11.9 Å². The molecule has 2 aromatic carbocycles. The van der Waals surface area contributed by atoms with E-state index < -0.39 is 0 Å². The Hall–Kier alpha value is -3.15. The van der Waals surface area contributed by atoms with Crippen LogP contribution < -0.4 is 25.0 Å². The van der Waals surface area contributed by atoms with Gasteiger partial charge in [-0.25, -0.2) is 0 Å². The minimum Gasteiger partial charge on any atom is -0.504 e. The van der Waals surface area contributed by atoms with Gasteiger partial charge in [-0.05, 0) is 54.7 Å². The summed E-state index contributed by atoms with van der Waals surface area (Å²) in [6, 6.07) is 6.69. The lowest BCUT2D eigenvalue weighted by molar-refractivity contribution is 0.333. The van der Waals surface area contributed by atoms with Crippen LogP contribution in [0.3, 0.4) is 0 Å². The molecule has 0 fully saturated rings. The highest BCUT2D eigenvalue weighted by Gasteiger charge is 2.28. The van der Waals surface area contributed by atoms with Crippen molar-refractivity contribution in [1.82, 2.24) is 5.32 Å². The van der Waals surface area contributed by atoms with Crippen LogP contribution in [0.4, 0.5) is 0 Å². The van der Waals surface area contributed by atoms with Gasteiger partial charge < -0.3 is 24.6 Å². The summed E-state index contributed by atoms with van der Waals surface area (Å²) in [7, 11) is 4.49. The Morgan fingerprint density at radius 1 is 1.14 bits per heavy atom. The minimum absolute atomic E-state index is 0.0216. The summed E-state index contributed by atoms with van der Waals surface area (Å²) in [6.07, 6.45) is 1.39. The molecular formula is C22H25NO5. The summed E-state index contributed by atoms with van der Waals surface area (Å²) in [5.41, 5.74) is 3.96. The third-order valence-electron chi connectivity index (χ3n) is 4.94. The number of fused-ring (bicyclic) bond motifs is 3. The van der Waals surface area contributed by atoms with Crippen molar-refractivity contribution in [2.75, 3.05) is 21.3 Å². The smallest absolute Gasteiger partial charge is 0.220 e. The topological polar surface area (TPSA) is 77.0 Å². The number of phenols is 1. The molecule has 0 aromatic heterocycles. The first-order valence-electron chi connectivity index (χ1n) is 9.02. The van der Waals surface area contributed by atoms with E-state index in [0.29, 0.717) is 18.6 Å². The Bertz CT molecular complexity index is 983. The van der Waals surface area contributed by atoms with Crippen LogP contribution in [0.25, 0.3) is 11.1 Å². The second-order valence-corrected chi connectivity index (χ2v) is 6.79. The van der Waals surface area contributed by atoms with E-state index in [1.807, 2.05) is 13.0 Å². The van der Waals surface area contributed by atoms with Gasteiger partial charge in [-0.3, -0.25) is 4.79 Å². The molecule has 6 nitrogen and oxygen atoms in total. The lowest BCUT2D eigenvalue weighted by Crippen LogP contribution is -2.20. The van der Waals surface area contributed by atoms with E-state index in [9.17, 15) is 9.90 Å². The second kappa shape index (κ2) is 7.84. The number of aromatic hydroxyl groups is 1. The third-order valence-corrected chi connectivity index (χ3v) is 4.94. The fourth-order valence-corrected chi connectivity index (χ4v) is 3.78. The highest BCUT2D eigenvalue weighted by molar-refractivity contribution is 5.82. The van der Waals surface area contributed by atoms with Crippen molar-refractivity contribution >= 4 is 0 Å².